The van der Waals surface area contributed by atoms with E-state index in [0.717, 1.165) is 51.3 Å². The first kappa shape index (κ1) is 22.7. The Bertz CT molecular complexity index is 1070. The van der Waals surface area contributed by atoms with Crippen LogP contribution in [-0.4, -0.2) is 54.6 Å². The third kappa shape index (κ3) is 5.48. The minimum absolute atomic E-state index is 0.108. The van der Waals surface area contributed by atoms with Crippen molar-refractivity contribution in [1.29, 1.82) is 0 Å². The zero-order valence-corrected chi connectivity index (χ0v) is 18.3. The van der Waals surface area contributed by atoms with Crippen LogP contribution in [0.3, 0.4) is 0 Å². The molecule has 2 N–H and O–H groups in total. The molecule has 0 bridgehead atoms. The first-order chi connectivity index (χ1) is 15.9. The Kier molecular flexibility index (Phi) is 6.88. The predicted octanol–water partition coefficient (Wildman–Crippen LogP) is 3.36. The average Bonchev–Trinajstić information content (AvgIpc) is 2.81. The van der Waals surface area contributed by atoms with Gasteiger partial charge in [0.15, 0.2) is 0 Å². The number of carbonyl (C=O) groups is 1. The fourth-order valence-corrected chi connectivity index (χ4v) is 4.36. The topological polar surface area (TPSA) is 102 Å². The van der Waals surface area contributed by atoms with E-state index in [4.69, 9.17) is 10.5 Å². The predicted molar refractivity (Wildman–Crippen MR) is 124 cm³/mol. The number of piperazine rings is 1. The fraction of sp³-hybridized carbons (Fsp3) is 0.375. The second-order valence-corrected chi connectivity index (χ2v) is 8.35. The van der Waals surface area contributed by atoms with Crippen LogP contribution in [0.1, 0.15) is 24.8 Å². The van der Waals surface area contributed by atoms with Gasteiger partial charge < -0.3 is 15.4 Å². The summed E-state index contributed by atoms with van der Waals surface area (Å²) in [4.78, 5) is 27.1. The van der Waals surface area contributed by atoms with E-state index in [1.807, 2.05) is 6.07 Å². The van der Waals surface area contributed by atoms with E-state index in [9.17, 15) is 19.3 Å². The first-order valence-corrected chi connectivity index (χ1v) is 11.1. The molecule has 2 aliphatic heterocycles. The minimum atomic E-state index is -0.549. The molecule has 2 aliphatic rings. The van der Waals surface area contributed by atoms with Gasteiger partial charge in [-0.15, -0.1) is 0 Å². The molecule has 0 saturated carbocycles. The molecule has 174 valence electrons. The molecule has 8 nitrogen and oxygen atoms in total. The van der Waals surface area contributed by atoms with Gasteiger partial charge in [0.2, 0.25) is 5.91 Å². The Balaban J connectivity index is 1.24. The lowest BCUT2D eigenvalue weighted by Gasteiger charge is -2.36. The number of non-ortho nitro benzene ring substituents is 1. The molecule has 1 fully saturated rings. The fourth-order valence-electron chi connectivity index (χ4n) is 4.36. The summed E-state index contributed by atoms with van der Waals surface area (Å²) in [7, 11) is 0. The van der Waals surface area contributed by atoms with Gasteiger partial charge in [0.1, 0.15) is 17.7 Å². The van der Waals surface area contributed by atoms with Crippen LogP contribution in [0.25, 0.3) is 6.08 Å². The zero-order valence-electron chi connectivity index (χ0n) is 18.3. The molecule has 1 unspecified atom stereocenters. The number of fused-ring (bicyclic) bond motifs is 1. The molecule has 0 spiro atoms. The van der Waals surface area contributed by atoms with Crippen LogP contribution in [0.4, 0.5) is 15.8 Å². The molecule has 2 aromatic carbocycles. The standard InChI is InChI=1S/C24H27FN4O4/c25-18-7-8-22-17(14-18)15-21(24(26)30)23(33-22)6-1-2-9-27-10-12-28(13-11-27)19-4-3-5-20(16-19)29(31)32/h3-5,7-8,14-16,23H,1-2,6,9-13H2,(H2,26,30). The molecular weight excluding hydrogens is 427 g/mol. The molecule has 2 heterocycles. The number of halogens is 1. The number of primary amides is 1. The second-order valence-electron chi connectivity index (χ2n) is 8.35. The molecule has 0 aliphatic carbocycles. The summed E-state index contributed by atoms with van der Waals surface area (Å²) in [6.07, 6.45) is 3.66. The van der Waals surface area contributed by atoms with Crippen LogP contribution < -0.4 is 15.4 Å². The molecule has 1 amide bonds. The van der Waals surface area contributed by atoms with Crippen molar-refractivity contribution in [3.63, 3.8) is 0 Å². The lowest BCUT2D eigenvalue weighted by molar-refractivity contribution is -0.384. The maximum absolute atomic E-state index is 13.5. The number of rotatable bonds is 8. The SMILES string of the molecule is NC(=O)C1=Cc2cc(F)ccc2OC1CCCCN1CCN(c2cccc([N+](=O)[O-])c2)CC1. The highest BCUT2D eigenvalue weighted by Crippen LogP contribution is 2.32. The number of amides is 1. The van der Waals surface area contributed by atoms with Crippen molar-refractivity contribution in [2.45, 2.75) is 25.4 Å². The molecule has 33 heavy (non-hydrogen) atoms. The van der Waals surface area contributed by atoms with Crippen LogP contribution in [0.5, 0.6) is 5.75 Å². The van der Waals surface area contributed by atoms with Gasteiger partial charge in [0.25, 0.3) is 5.69 Å². The average molecular weight is 455 g/mol. The summed E-state index contributed by atoms with van der Waals surface area (Å²) in [5.74, 6) is -0.377. The molecule has 4 rings (SSSR count). The van der Waals surface area contributed by atoms with Gasteiger partial charge in [0.05, 0.1) is 10.5 Å². The summed E-state index contributed by atoms with van der Waals surface area (Å²) < 4.78 is 19.4. The van der Waals surface area contributed by atoms with Crippen LogP contribution in [0.15, 0.2) is 48.0 Å². The number of ether oxygens (including phenoxy) is 1. The van der Waals surface area contributed by atoms with Crippen LogP contribution in [0, 0.1) is 15.9 Å². The quantitative estimate of drug-likeness (QED) is 0.373. The Morgan fingerprint density at radius 1 is 1.15 bits per heavy atom. The molecule has 1 atom stereocenters. The van der Waals surface area contributed by atoms with Gasteiger partial charge in [-0.3, -0.25) is 19.8 Å². The summed E-state index contributed by atoms with van der Waals surface area (Å²) in [6.45, 7) is 4.32. The van der Waals surface area contributed by atoms with Crippen molar-refractivity contribution in [3.8, 4) is 5.75 Å². The normalized spacial score (nSPS) is 18.3. The summed E-state index contributed by atoms with van der Waals surface area (Å²) in [5.41, 5.74) is 7.42. The van der Waals surface area contributed by atoms with E-state index in [1.54, 1.807) is 24.3 Å². The van der Waals surface area contributed by atoms with Crippen LogP contribution in [0.2, 0.25) is 0 Å². The Morgan fingerprint density at radius 2 is 1.94 bits per heavy atom. The third-order valence-electron chi connectivity index (χ3n) is 6.15. The number of anilines is 1. The van der Waals surface area contributed by atoms with Gasteiger partial charge >= 0.3 is 0 Å². The minimum Gasteiger partial charge on any atom is -0.485 e. The number of nitrogens with two attached hydrogens (primary N) is 1. The second kappa shape index (κ2) is 9.99. The third-order valence-corrected chi connectivity index (χ3v) is 6.15. The number of hydrogen-bond acceptors (Lipinski definition) is 6. The Hall–Kier alpha value is -3.46. The van der Waals surface area contributed by atoms with Gasteiger partial charge in [-0.2, -0.15) is 0 Å². The zero-order chi connectivity index (χ0) is 23.4. The highest BCUT2D eigenvalue weighted by atomic mass is 19.1. The van der Waals surface area contributed by atoms with E-state index >= 15 is 0 Å². The molecule has 9 heteroatoms. The monoisotopic (exact) mass is 454 g/mol. The summed E-state index contributed by atoms with van der Waals surface area (Å²) in [5, 5.41) is 11.0. The number of hydrogen-bond donors (Lipinski definition) is 1. The Morgan fingerprint density at radius 3 is 2.67 bits per heavy atom. The van der Waals surface area contributed by atoms with Crippen LogP contribution >= 0.6 is 0 Å². The van der Waals surface area contributed by atoms with Crippen molar-refractivity contribution in [2.24, 2.45) is 5.73 Å². The lowest BCUT2D eigenvalue weighted by atomic mass is 9.97. The van der Waals surface area contributed by atoms with Gasteiger partial charge in [-0.1, -0.05) is 6.07 Å². The number of nitrogens with zero attached hydrogens (tertiary/aromatic N) is 3. The maximum Gasteiger partial charge on any atom is 0.271 e. The van der Waals surface area contributed by atoms with E-state index in [-0.39, 0.29) is 16.4 Å². The largest absolute Gasteiger partial charge is 0.485 e. The molecule has 2 aromatic rings. The van der Waals surface area contributed by atoms with E-state index in [0.29, 0.717) is 23.3 Å². The molecule has 0 radical (unpaired) electrons. The molecule has 0 aromatic heterocycles. The Labute approximate surface area is 191 Å². The number of nitro benzene ring substituents is 1. The van der Waals surface area contributed by atoms with Crippen molar-refractivity contribution in [3.05, 3.63) is 69.5 Å². The van der Waals surface area contributed by atoms with E-state index in [2.05, 4.69) is 9.80 Å². The highest BCUT2D eigenvalue weighted by molar-refractivity contribution is 5.98. The van der Waals surface area contributed by atoms with E-state index in [1.165, 1.54) is 18.2 Å². The van der Waals surface area contributed by atoms with Gasteiger partial charge in [-0.05, 0) is 56.1 Å². The van der Waals surface area contributed by atoms with Crippen molar-refractivity contribution < 1.29 is 18.8 Å². The summed E-state index contributed by atoms with van der Waals surface area (Å²) >= 11 is 0. The number of nitro groups is 1. The van der Waals surface area contributed by atoms with Gasteiger partial charge in [-0.25, -0.2) is 4.39 Å². The van der Waals surface area contributed by atoms with Crippen molar-refractivity contribution in [1.82, 2.24) is 4.90 Å². The number of benzene rings is 2. The first-order valence-electron chi connectivity index (χ1n) is 11.1. The number of carbonyl (C=O) groups excluding carboxylic acids is 1. The van der Waals surface area contributed by atoms with E-state index < -0.39 is 12.0 Å². The van der Waals surface area contributed by atoms with Crippen molar-refractivity contribution in [2.75, 3.05) is 37.6 Å². The molecule has 1 saturated heterocycles. The lowest BCUT2D eigenvalue weighted by Crippen LogP contribution is -2.46. The number of unbranched alkanes of at least 4 members (excludes halogenated alkanes) is 1. The summed E-state index contributed by atoms with van der Waals surface area (Å²) in [6, 6.07) is 11.0. The maximum atomic E-state index is 13.5. The highest BCUT2D eigenvalue weighted by Gasteiger charge is 2.26. The van der Waals surface area contributed by atoms with Gasteiger partial charge in [0, 0.05) is 49.6 Å². The smallest absolute Gasteiger partial charge is 0.271 e. The molecular formula is C24H27FN4O4. The van der Waals surface area contributed by atoms with Crippen molar-refractivity contribution >= 4 is 23.4 Å². The van der Waals surface area contributed by atoms with Crippen LogP contribution in [-0.2, 0) is 4.79 Å².